The summed E-state index contributed by atoms with van der Waals surface area (Å²) in [6, 6.07) is 0.273. The van der Waals surface area contributed by atoms with Crippen LogP contribution in [0.4, 0.5) is 0 Å². The number of nitrogens with one attached hydrogen (secondary N) is 2. The molecule has 0 aromatic rings. The Morgan fingerprint density at radius 2 is 2.06 bits per heavy atom. The molecule has 4 unspecified atom stereocenters. The Hall–Kier alpha value is -0.450. The van der Waals surface area contributed by atoms with Gasteiger partial charge in [0.15, 0.2) is 5.78 Å². The van der Waals surface area contributed by atoms with Crippen molar-refractivity contribution in [2.24, 2.45) is 11.8 Å². The number of fused-ring (bicyclic) bond motifs is 1. The molecule has 2 N–H and O–H groups in total. The Kier molecular flexibility index (Phi) is 3.62. The number of ether oxygens (including phenoxy) is 1. The highest BCUT2D eigenvalue weighted by Crippen LogP contribution is 2.32. The molecule has 1 heterocycles. The third-order valence-electron chi connectivity index (χ3n) is 3.90. The topological polar surface area (TPSA) is 50.4 Å². The molecule has 1 saturated heterocycles. The average Bonchev–Trinajstić information content (AvgIpc) is 2.71. The monoisotopic (exact) mass is 226 g/mol. The zero-order chi connectivity index (χ0) is 11.7. The van der Waals surface area contributed by atoms with Gasteiger partial charge in [-0.25, -0.2) is 5.43 Å². The lowest BCUT2D eigenvalue weighted by Crippen LogP contribution is -2.45. The summed E-state index contributed by atoms with van der Waals surface area (Å²) >= 11 is 0. The molecule has 2 fully saturated rings. The summed E-state index contributed by atoms with van der Waals surface area (Å²) in [7, 11) is 1.76. The van der Waals surface area contributed by atoms with Crippen molar-refractivity contribution in [3.05, 3.63) is 0 Å². The number of carbonyl (C=O) groups excluding carboxylic acids is 1. The highest BCUT2D eigenvalue weighted by Gasteiger charge is 2.45. The van der Waals surface area contributed by atoms with Crippen LogP contribution in [-0.4, -0.2) is 31.1 Å². The summed E-state index contributed by atoms with van der Waals surface area (Å²) < 4.78 is 5.48. The summed E-state index contributed by atoms with van der Waals surface area (Å²) in [5, 5.41) is 0. The van der Waals surface area contributed by atoms with Crippen LogP contribution in [0.3, 0.4) is 0 Å². The molecule has 4 heteroatoms. The molecule has 16 heavy (non-hydrogen) atoms. The van der Waals surface area contributed by atoms with E-state index in [-0.39, 0.29) is 18.1 Å². The highest BCUT2D eigenvalue weighted by molar-refractivity contribution is 5.86. The average molecular weight is 226 g/mol. The Bertz CT molecular complexity index is 268. The number of methoxy groups -OCH3 is 1. The first-order chi connectivity index (χ1) is 7.65. The maximum Gasteiger partial charge on any atom is 0.153 e. The second kappa shape index (κ2) is 4.82. The third-order valence-corrected chi connectivity index (χ3v) is 3.90. The quantitative estimate of drug-likeness (QED) is 0.750. The van der Waals surface area contributed by atoms with Crippen LogP contribution < -0.4 is 10.9 Å². The second-order valence-corrected chi connectivity index (χ2v) is 5.22. The van der Waals surface area contributed by atoms with Crippen LogP contribution in [0, 0.1) is 11.8 Å². The summed E-state index contributed by atoms with van der Waals surface area (Å²) in [5.74, 6) is 0.811. The van der Waals surface area contributed by atoms with E-state index in [1.54, 1.807) is 7.11 Å². The lowest BCUT2D eigenvalue weighted by atomic mass is 9.77. The Morgan fingerprint density at radius 1 is 1.31 bits per heavy atom. The SMILES string of the molecule is COC1CCCC2C(C(=O)C(C)C)NNC12. The molecule has 4 nitrogen and oxygen atoms in total. The molecular weight excluding hydrogens is 204 g/mol. The minimum atomic E-state index is -0.0250. The van der Waals surface area contributed by atoms with Crippen LogP contribution >= 0.6 is 0 Å². The zero-order valence-electron chi connectivity index (χ0n) is 10.3. The van der Waals surface area contributed by atoms with E-state index in [1.165, 1.54) is 0 Å². The van der Waals surface area contributed by atoms with Gasteiger partial charge in [-0.1, -0.05) is 20.3 Å². The van der Waals surface area contributed by atoms with Gasteiger partial charge in [0.2, 0.25) is 0 Å². The summed E-state index contributed by atoms with van der Waals surface area (Å²) in [5.41, 5.74) is 6.41. The van der Waals surface area contributed by atoms with Gasteiger partial charge in [0, 0.05) is 18.9 Å². The number of hydrazine groups is 1. The van der Waals surface area contributed by atoms with Crippen molar-refractivity contribution < 1.29 is 9.53 Å². The molecule has 0 aromatic heterocycles. The molecule has 0 spiro atoms. The first kappa shape index (κ1) is 12.0. The van der Waals surface area contributed by atoms with Gasteiger partial charge in [0.25, 0.3) is 0 Å². The maximum absolute atomic E-state index is 12.1. The van der Waals surface area contributed by atoms with E-state index < -0.39 is 0 Å². The molecule has 1 aliphatic heterocycles. The Balaban J connectivity index is 2.07. The normalized spacial score (nSPS) is 38.8. The van der Waals surface area contributed by atoms with Gasteiger partial charge >= 0.3 is 0 Å². The van der Waals surface area contributed by atoms with Gasteiger partial charge in [-0.3, -0.25) is 10.2 Å². The van der Waals surface area contributed by atoms with Crippen molar-refractivity contribution in [2.75, 3.05) is 7.11 Å². The van der Waals surface area contributed by atoms with Gasteiger partial charge in [0.05, 0.1) is 18.2 Å². The molecule has 0 aromatic carbocycles. The highest BCUT2D eigenvalue weighted by atomic mass is 16.5. The lowest BCUT2D eigenvalue weighted by molar-refractivity contribution is -0.125. The number of rotatable bonds is 3. The van der Waals surface area contributed by atoms with Crippen LogP contribution in [0.1, 0.15) is 33.1 Å². The molecule has 1 saturated carbocycles. The fraction of sp³-hybridized carbons (Fsp3) is 0.917. The molecule has 4 atom stereocenters. The number of hydrogen-bond donors (Lipinski definition) is 2. The van der Waals surface area contributed by atoms with Gasteiger partial charge in [-0.2, -0.15) is 0 Å². The van der Waals surface area contributed by atoms with Gasteiger partial charge in [-0.05, 0) is 12.8 Å². The minimum absolute atomic E-state index is 0.0250. The van der Waals surface area contributed by atoms with E-state index in [9.17, 15) is 4.79 Å². The van der Waals surface area contributed by atoms with Crippen LogP contribution in [0.15, 0.2) is 0 Å². The molecule has 92 valence electrons. The second-order valence-electron chi connectivity index (χ2n) is 5.22. The smallest absolute Gasteiger partial charge is 0.153 e. The van der Waals surface area contributed by atoms with E-state index in [1.807, 2.05) is 13.8 Å². The number of ketones is 1. The van der Waals surface area contributed by atoms with Crippen LogP contribution in [-0.2, 0) is 9.53 Å². The van der Waals surface area contributed by atoms with Crippen molar-refractivity contribution >= 4 is 5.78 Å². The Labute approximate surface area is 97.1 Å². The molecule has 0 amide bonds. The fourth-order valence-electron chi connectivity index (χ4n) is 2.96. The van der Waals surface area contributed by atoms with Crippen molar-refractivity contribution in [1.82, 2.24) is 10.9 Å². The number of hydrogen-bond acceptors (Lipinski definition) is 4. The van der Waals surface area contributed by atoms with E-state index in [4.69, 9.17) is 4.74 Å². The van der Waals surface area contributed by atoms with E-state index >= 15 is 0 Å². The van der Waals surface area contributed by atoms with Crippen LogP contribution in [0.2, 0.25) is 0 Å². The molecule has 2 rings (SSSR count). The largest absolute Gasteiger partial charge is 0.380 e. The van der Waals surface area contributed by atoms with Crippen molar-refractivity contribution in [1.29, 1.82) is 0 Å². The summed E-state index contributed by atoms with van der Waals surface area (Å²) in [6.07, 6.45) is 3.62. The predicted molar refractivity (Wildman–Crippen MR) is 61.8 cm³/mol. The van der Waals surface area contributed by atoms with Gasteiger partial charge in [0.1, 0.15) is 0 Å². The van der Waals surface area contributed by atoms with Crippen molar-refractivity contribution in [3.8, 4) is 0 Å². The zero-order valence-corrected chi connectivity index (χ0v) is 10.3. The van der Waals surface area contributed by atoms with Crippen molar-refractivity contribution in [3.63, 3.8) is 0 Å². The fourth-order valence-corrected chi connectivity index (χ4v) is 2.96. The number of carbonyl (C=O) groups is 1. The Morgan fingerprint density at radius 3 is 2.69 bits per heavy atom. The first-order valence-electron chi connectivity index (χ1n) is 6.22. The van der Waals surface area contributed by atoms with E-state index in [0.717, 1.165) is 19.3 Å². The third kappa shape index (κ3) is 2.01. The summed E-state index contributed by atoms with van der Waals surface area (Å²) in [6.45, 7) is 3.93. The van der Waals surface area contributed by atoms with Crippen LogP contribution in [0.5, 0.6) is 0 Å². The standard InChI is InChI=1S/C12H22N2O2/c1-7(2)12(15)11-8-5-4-6-9(16-3)10(8)13-14-11/h7-11,13-14H,4-6H2,1-3H3. The lowest BCUT2D eigenvalue weighted by Gasteiger charge is -2.33. The molecule has 2 aliphatic rings. The molecule has 1 aliphatic carbocycles. The molecule has 0 radical (unpaired) electrons. The minimum Gasteiger partial charge on any atom is -0.380 e. The van der Waals surface area contributed by atoms with Crippen LogP contribution in [0.25, 0.3) is 0 Å². The first-order valence-corrected chi connectivity index (χ1v) is 6.22. The maximum atomic E-state index is 12.1. The van der Waals surface area contributed by atoms with Gasteiger partial charge < -0.3 is 4.74 Å². The van der Waals surface area contributed by atoms with Gasteiger partial charge in [-0.15, -0.1) is 0 Å². The predicted octanol–water partition coefficient (Wildman–Crippen LogP) is 0.872. The summed E-state index contributed by atoms with van der Waals surface area (Å²) in [4.78, 5) is 12.1. The van der Waals surface area contributed by atoms with E-state index in [2.05, 4.69) is 10.9 Å². The van der Waals surface area contributed by atoms with E-state index in [0.29, 0.717) is 17.7 Å². The molecular formula is C12H22N2O2. The number of Topliss-reactive ketones (excluding diaryl/α,β-unsaturated/α-hetero) is 1. The molecule has 0 bridgehead atoms. The van der Waals surface area contributed by atoms with Crippen molar-refractivity contribution in [2.45, 2.75) is 51.3 Å².